The summed E-state index contributed by atoms with van der Waals surface area (Å²) < 4.78 is 0. The topological polar surface area (TPSA) is 64.7 Å². The highest BCUT2D eigenvalue weighted by atomic mass is 35.5. The van der Waals surface area contributed by atoms with Crippen molar-refractivity contribution >= 4 is 52.1 Å². The number of halogens is 1. The summed E-state index contributed by atoms with van der Waals surface area (Å²) in [5, 5.41) is 6.36. The highest BCUT2D eigenvalue weighted by molar-refractivity contribution is 7.80. The minimum atomic E-state index is -0.235. The van der Waals surface area contributed by atoms with Gasteiger partial charge in [0.05, 0.1) is 16.4 Å². The minimum Gasteiger partial charge on any atom is -0.365 e. The van der Waals surface area contributed by atoms with Crippen LogP contribution in [0.1, 0.15) is 13.8 Å². The summed E-state index contributed by atoms with van der Waals surface area (Å²) >= 11 is 11.5. The first kappa shape index (κ1) is 17.5. The second-order valence-electron chi connectivity index (χ2n) is 5.26. The van der Waals surface area contributed by atoms with E-state index < -0.39 is 0 Å². The van der Waals surface area contributed by atoms with Crippen LogP contribution in [0, 0.1) is 0 Å². The number of hydrogen-bond donors (Lipinski definition) is 2. The summed E-state index contributed by atoms with van der Waals surface area (Å²) in [5.41, 5.74) is 1.55. The molecule has 2 amide bonds. The Kier molecular flexibility index (Phi) is 5.79. The van der Waals surface area contributed by atoms with Crippen molar-refractivity contribution in [1.82, 2.24) is 10.2 Å². The molecule has 0 bridgehead atoms. The molecule has 23 heavy (non-hydrogen) atoms. The van der Waals surface area contributed by atoms with Crippen LogP contribution in [-0.2, 0) is 9.59 Å². The largest absolute Gasteiger partial charge is 0.365 e. The Labute approximate surface area is 145 Å². The molecule has 0 aliphatic carbocycles. The fourth-order valence-corrected chi connectivity index (χ4v) is 3.04. The van der Waals surface area contributed by atoms with Crippen molar-refractivity contribution in [2.45, 2.75) is 13.8 Å². The molecule has 1 aliphatic rings. The van der Waals surface area contributed by atoms with Crippen molar-refractivity contribution in [1.29, 1.82) is 0 Å². The van der Waals surface area contributed by atoms with Crippen molar-refractivity contribution in [2.24, 2.45) is 0 Å². The number of amides is 2. The summed E-state index contributed by atoms with van der Waals surface area (Å²) in [7, 11) is 0. The van der Waals surface area contributed by atoms with E-state index in [0.717, 1.165) is 11.4 Å². The number of para-hydroxylation sites is 1. The number of anilines is 2. The van der Waals surface area contributed by atoms with Crippen LogP contribution in [0.5, 0.6) is 0 Å². The summed E-state index contributed by atoms with van der Waals surface area (Å²) in [6.07, 6.45) is 0. The number of piperazine rings is 1. The zero-order valence-corrected chi connectivity index (χ0v) is 14.6. The van der Waals surface area contributed by atoms with Crippen LogP contribution in [-0.4, -0.2) is 48.0 Å². The van der Waals surface area contributed by atoms with Gasteiger partial charge in [-0.05, 0) is 24.4 Å². The SMILES string of the molecule is CC(=O)NC(=S)Nc1cccc(Cl)c1N1CCN(C(C)=O)CC1. The van der Waals surface area contributed by atoms with E-state index in [1.54, 1.807) is 13.0 Å². The van der Waals surface area contributed by atoms with E-state index in [4.69, 9.17) is 23.8 Å². The van der Waals surface area contributed by atoms with Crippen LogP contribution >= 0.6 is 23.8 Å². The number of carbonyl (C=O) groups excluding carboxylic acids is 2. The predicted molar refractivity (Wildman–Crippen MR) is 96.0 cm³/mol. The maximum Gasteiger partial charge on any atom is 0.222 e. The van der Waals surface area contributed by atoms with Crippen molar-refractivity contribution < 1.29 is 9.59 Å². The Hall–Kier alpha value is -1.86. The second kappa shape index (κ2) is 7.61. The zero-order chi connectivity index (χ0) is 17.0. The average Bonchev–Trinajstić information content (AvgIpc) is 2.46. The van der Waals surface area contributed by atoms with E-state index >= 15 is 0 Å². The molecule has 0 atom stereocenters. The number of nitrogens with zero attached hydrogens (tertiary/aromatic N) is 2. The third-order valence-electron chi connectivity index (χ3n) is 3.57. The molecule has 1 heterocycles. The van der Waals surface area contributed by atoms with E-state index in [-0.39, 0.29) is 16.9 Å². The van der Waals surface area contributed by atoms with Gasteiger partial charge in [0, 0.05) is 40.0 Å². The Morgan fingerprint density at radius 3 is 2.39 bits per heavy atom. The van der Waals surface area contributed by atoms with Crippen LogP contribution < -0.4 is 15.5 Å². The van der Waals surface area contributed by atoms with Gasteiger partial charge in [-0.15, -0.1) is 0 Å². The van der Waals surface area contributed by atoms with Crippen molar-refractivity contribution in [3.05, 3.63) is 23.2 Å². The van der Waals surface area contributed by atoms with Crippen LogP contribution in [0.15, 0.2) is 18.2 Å². The quantitative estimate of drug-likeness (QED) is 0.793. The van der Waals surface area contributed by atoms with Gasteiger partial charge < -0.3 is 20.4 Å². The molecule has 0 saturated carbocycles. The van der Waals surface area contributed by atoms with Gasteiger partial charge in [0.15, 0.2) is 5.11 Å². The Balaban J connectivity index is 2.17. The fourth-order valence-electron chi connectivity index (χ4n) is 2.50. The highest BCUT2D eigenvalue weighted by Crippen LogP contribution is 2.34. The lowest BCUT2D eigenvalue weighted by Gasteiger charge is -2.37. The lowest BCUT2D eigenvalue weighted by Crippen LogP contribution is -2.48. The van der Waals surface area contributed by atoms with Gasteiger partial charge in [0.2, 0.25) is 11.8 Å². The van der Waals surface area contributed by atoms with E-state index in [2.05, 4.69) is 15.5 Å². The molecule has 1 aromatic rings. The molecule has 1 saturated heterocycles. The molecule has 0 unspecified atom stereocenters. The molecular formula is C15H19ClN4O2S. The first-order valence-electron chi connectivity index (χ1n) is 7.26. The predicted octanol–water partition coefficient (Wildman–Crippen LogP) is 1.84. The standard InChI is InChI=1S/C15H19ClN4O2S/c1-10(21)17-15(23)18-13-5-3-4-12(16)14(13)20-8-6-19(7-9-20)11(2)22/h3-5H,6-9H2,1-2H3,(H2,17,18,21,23). The lowest BCUT2D eigenvalue weighted by molar-refractivity contribution is -0.129. The molecular weight excluding hydrogens is 336 g/mol. The van der Waals surface area contributed by atoms with Gasteiger partial charge in [-0.25, -0.2) is 0 Å². The van der Waals surface area contributed by atoms with Gasteiger partial charge in [-0.2, -0.15) is 0 Å². The monoisotopic (exact) mass is 354 g/mol. The molecule has 1 aromatic carbocycles. The van der Waals surface area contributed by atoms with Gasteiger partial charge in [-0.1, -0.05) is 17.7 Å². The molecule has 124 valence electrons. The molecule has 8 heteroatoms. The average molecular weight is 355 g/mol. The van der Waals surface area contributed by atoms with Crippen LogP contribution in [0.25, 0.3) is 0 Å². The van der Waals surface area contributed by atoms with Crippen LogP contribution in [0.2, 0.25) is 5.02 Å². The van der Waals surface area contributed by atoms with Crippen LogP contribution in [0.3, 0.4) is 0 Å². The maximum absolute atomic E-state index is 11.4. The first-order valence-corrected chi connectivity index (χ1v) is 8.04. The summed E-state index contributed by atoms with van der Waals surface area (Å²) in [6.45, 7) is 5.64. The second-order valence-corrected chi connectivity index (χ2v) is 6.08. The summed E-state index contributed by atoms with van der Waals surface area (Å²) in [6, 6.07) is 5.48. The first-order chi connectivity index (χ1) is 10.9. The van der Waals surface area contributed by atoms with Gasteiger partial charge in [0.1, 0.15) is 0 Å². The fraction of sp³-hybridized carbons (Fsp3) is 0.400. The number of nitrogens with one attached hydrogen (secondary N) is 2. The molecule has 2 rings (SSSR count). The van der Waals surface area contributed by atoms with E-state index in [1.165, 1.54) is 6.92 Å². The lowest BCUT2D eigenvalue weighted by atomic mass is 10.2. The molecule has 2 N–H and O–H groups in total. The molecule has 0 spiro atoms. The highest BCUT2D eigenvalue weighted by Gasteiger charge is 2.22. The van der Waals surface area contributed by atoms with E-state index in [9.17, 15) is 9.59 Å². The number of rotatable bonds is 2. The molecule has 6 nitrogen and oxygen atoms in total. The maximum atomic E-state index is 11.4. The Bertz CT molecular complexity index is 630. The van der Waals surface area contributed by atoms with E-state index in [0.29, 0.717) is 31.2 Å². The summed E-state index contributed by atoms with van der Waals surface area (Å²) in [4.78, 5) is 26.4. The number of benzene rings is 1. The minimum absolute atomic E-state index is 0.0778. The molecule has 1 fully saturated rings. The number of thiocarbonyl (C=S) groups is 1. The van der Waals surface area contributed by atoms with Crippen molar-refractivity contribution in [3.8, 4) is 0 Å². The molecule has 0 aromatic heterocycles. The van der Waals surface area contributed by atoms with E-state index in [1.807, 2.05) is 17.0 Å². The normalized spacial score (nSPS) is 14.4. The number of carbonyl (C=O) groups is 2. The third-order valence-corrected chi connectivity index (χ3v) is 4.07. The van der Waals surface area contributed by atoms with Crippen molar-refractivity contribution in [2.75, 3.05) is 36.4 Å². The third kappa shape index (κ3) is 4.56. The Morgan fingerprint density at radius 1 is 1.17 bits per heavy atom. The van der Waals surface area contributed by atoms with Crippen LogP contribution in [0.4, 0.5) is 11.4 Å². The van der Waals surface area contributed by atoms with Gasteiger partial charge in [-0.3, -0.25) is 9.59 Å². The Morgan fingerprint density at radius 2 is 1.83 bits per heavy atom. The van der Waals surface area contributed by atoms with Crippen molar-refractivity contribution in [3.63, 3.8) is 0 Å². The zero-order valence-electron chi connectivity index (χ0n) is 13.1. The van der Waals surface area contributed by atoms with Gasteiger partial charge in [0.25, 0.3) is 0 Å². The summed E-state index contributed by atoms with van der Waals surface area (Å²) in [5.74, 6) is -0.157. The number of hydrogen-bond acceptors (Lipinski definition) is 4. The smallest absolute Gasteiger partial charge is 0.222 e. The molecule has 1 aliphatic heterocycles. The molecule has 0 radical (unpaired) electrons. The van der Waals surface area contributed by atoms with Gasteiger partial charge >= 0.3 is 0 Å².